The van der Waals surface area contributed by atoms with Crippen LogP contribution >= 0.6 is 58.6 Å². The van der Waals surface area contributed by atoms with E-state index in [2.05, 4.69) is 20.9 Å². The van der Waals surface area contributed by atoms with Gasteiger partial charge in [-0.2, -0.15) is 0 Å². The Hall–Kier alpha value is -0.600. The Balaban J connectivity index is 2.67. The lowest BCUT2D eigenvalue weighted by molar-refractivity contribution is -0.122. The molecule has 0 fully saturated rings. The molecule has 5 nitrogen and oxygen atoms in total. The van der Waals surface area contributed by atoms with Crippen molar-refractivity contribution in [1.29, 1.82) is 0 Å². The molecule has 0 aliphatic carbocycles. The maximum absolute atomic E-state index is 12.2. The minimum Gasteiger partial charge on any atom is -0.339 e. The molecule has 1 atom stereocenters. The number of rotatable bonds is 4. The molecule has 21 heavy (non-hydrogen) atoms. The smallest absolute Gasteiger partial charge is 0.253 e. The van der Waals surface area contributed by atoms with Crippen LogP contribution in [0.25, 0.3) is 0 Å². The molecule has 0 aliphatic heterocycles. The van der Waals surface area contributed by atoms with Crippen molar-refractivity contribution in [1.82, 2.24) is 15.6 Å². The van der Waals surface area contributed by atoms with Crippen molar-refractivity contribution in [2.24, 2.45) is 0 Å². The number of alkyl halides is 4. The Morgan fingerprint density at radius 2 is 2.05 bits per heavy atom. The van der Waals surface area contributed by atoms with E-state index in [0.29, 0.717) is 10.8 Å². The van der Waals surface area contributed by atoms with Crippen LogP contribution in [0.4, 0.5) is 10.2 Å². The summed E-state index contributed by atoms with van der Waals surface area (Å²) in [7, 11) is 0. The van der Waals surface area contributed by atoms with Crippen LogP contribution in [0.5, 0.6) is 0 Å². The lowest BCUT2D eigenvalue weighted by Crippen LogP contribution is -2.56. The van der Waals surface area contributed by atoms with Crippen molar-refractivity contribution in [3.8, 4) is 0 Å². The fourth-order valence-electron chi connectivity index (χ4n) is 1.13. The Morgan fingerprint density at radius 1 is 1.38 bits per heavy atom. The molecular formula is C10H9Cl4FN4OS. The highest BCUT2D eigenvalue weighted by Crippen LogP contribution is 2.29. The summed E-state index contributed by atoms with van der Waals surface area (Å²) in [6.45, 7) is -1.25. The molecule has 1 amide bonds. The summed E-state index contributed by atoms with van der Waals surface area (Å²) < 4.78 is 10.3. The number of hydrogen-bond donors (Lipinski definition) is 3. The van der Waals surface area contributed by atoms with Gasteiger partial charge in [-0.15, -0.1) is 0 Å². The van der Waals surface area contributed by atoms with Gasteiger partial charge in [-0.1, -0.05) is 46.4 Å². The van der Waals surface area contributed by atoms with Crippen LogP contribution in [-0.2, 0) is 4.79 Å². The van der Waals surface area contributed by atoms with Crippen LogP contribution in [0.1, 0.15) is 0 Å². The largest absolute Gasteiger partial charge is 0.339 e. The number of nitrogens with one attached hydrogen (secondary N) is 3. The fraction of sp³-hybridized carbons (Fsp3) is 0.300. The second-order valence-corrected chi connectivity index (χ2v) is 6.85. The molecule has 1 rings (SSSR count). The zero-order valence-electron chi connectivity index (χ0n) is 10.2. The first-order chi connectivity index (χ1) is 9.72. The van der Waals surface area contributed by atoms with Crippen LogP contribution in [0.15, 0.2) is 18.3 Å². The number of hydrogen-bond acceptors (Lipinski definition) is 3. The Kier molecular flexibility index (Phi) is 7.15. The van der Waals surface area contributed by atoms with Gasteiger partial charge in [-0.3, -0.25) is 4.79 Å². The van der Waals surface area contributed by atoms with E-state index in [4.69, 9.17) is 58.6 Å². The molecule has 0 unspecified atom stereocenters. The van der Waals surface area contributed by atoms with E-state index in [1.807, 2.05) is 0 Å². The highest BCUT2D eigenvalue weighted by molar-refractivity contribution is 7.80. The first-order valence-corrected chi connectivity index (χ1v) is 7.25. The Labute approximate surface area is 145 Å². The zero-order valence-corrected chi connectivity index (χ0v) is 14.0. The SMILES string of the molecule is O=C(CF)N[C@@H](NC(=S)Nc1ccc(Cl)cn1)C(Cl)(Cl)Cl. The van der Waals surface area contributed by atoms with Crippen molar-refractivity contribution in [2.45, 2.75) is 9.96 Å². The van der Waals surface area contributed by atoms with Crippen LogP contribution in [-0.4, -0.2) is 32.6 Å². The van der Waals surface area contributed by atoms with Gasteiger partial charge in [0.2, 0.25) is 3.79 Å². The molecule has 0 aliphatic rings. The summed E-state index contributed by atoms with van der Waals surface area (Å²) in [5.74, 6) is -0.567. The predicted molar refractivity (Wildman–Crippen MR) is 86.8 cm³/mol. The summed E-state index contributed by atoms with van der Waals surface area (Å²) in [5, 5.41) is 7.84. The Bertz CT molecular complexity index is 511. The summed E-state index contributed by atoms with van der Waals surface area (Å²) >= 11 is 27.7. The van der Waals surface area contributed by atoms with E-state index in [1.54, 1.807) is 12.1 Å². The highest BCUT2D eigenvalue weighted by Gasteiger charge is 2.34. The van der Waals surface area contributed by atoms with Crippen LogP contribution in [0.3, 0.4) is 0 Å². The number of carbonyl (C=O) groups is 1. The third-order valence-corrected chi connectivity index (χ3v) is 3.10. The summed E-state index contributed by atoms with van der Waals surface area (Å²) in [6, 6.07) is 3.16. The quantitative estimate of drug-likeness (QED) is 0.417. The van der Waals surface area contributed by atoms with E-state index in [9.17, 15) is 9.18 Å². The molecule has 0 spiro atoms. The number of pyridine rings is 1. The average molecular weight is 394 g/mol. The molecule has 3 N–H and O–H groups in total. The van der Waals surface area contributed by atoms with E-state index < -0.39 is 22.5 Å². The molecule has 1 aromatic heterocycles. The van der Waals surface area contributed by atoms with Gasteiger partial charge in [0.1, 0.15) is 12.0 Å². The summed E-state index contributed by atoms with van der Waals surface area (Å²) in [4.78, 5) is 15.0. The average Bonchev–Trinajstić information content (AvgIpc) is 2.39. The topological polar surface area (TPSA) is 66.1 Å². The number of anilines is 1. The van der Waals surface area contributed by atoms with Crippen molar-refractivity contribution >= 4 is 75.5 Å². The second kappa shape index (κ2) is 8.14. The maximum Gasteiger partial charge on any atom is 0.253 e. The first kappa shape index (κ1) is 18.4. The maximum atomic E-state index is 12.2. The van der Waals surface area contributed by atoms with Crippen LogP contribution < -0.4 is 16.0 Å². The fourth-order valence-corrected chi connectivity index (χ4v) is 1.79. The van der Waals surface area contributed by atoms with Crippen molar-refractivity contribution in [3.05, 3.63) is 23.4 Å². The number of nitrogens with zero attached hydrogens (tertiary/aromatic N) is 1. The van der Waals surface area contributed by atoms with Crippen LogP contribution in [0, 0.1) is 0 Å². The molecule has 0 saturated heterocycles. The molecule has 1 aromatic rings. The molecule has 11 heteroatoms. The van der Waals surface area contributed by atoms with Gasteiger partial charge in [0.15, 0.2) is 11.8 Å². The van der Waals surface area contributed by atoms with Crippen LogP contribution in [0.2, 0.25) is 5.02 Å². The van der Waals surface area contributed by atoms with E-state index in [-0.39, 0.29) is 5.11 Å². The predicted octanol–water partition coefficient (Wildman–Crippen LogP) is 2.80. The van der Waals surface area contributed by atoms with Gasteiger partial charge in [-0.05, 0) is 24.4 Å². The highest BCUT2D eigenvalue weighted by atomic mass is 35.6. The molecule has 0 aromatic carbocycles. The normalized spacial score (nSPS) is 12.4. The minimum atomic E-state index is -1.94. The monoisotopic (exact) mass is 392 g/mol. The molecule has 0 radical (unpaired) electrons. The van der Waals surface area contributed by atoms with Crippen molar-refractivity contribution in [3.63, 3.8) is 0 Å². The minimum absolute atomic E-state index is 0.0142. The lowest BCUT2D eigenvalue weighted by Gasteiger charge is -2.27. The summed E-state index contributed by atoms with van der Waals surface area (Å²) in [6.07, 6.45) is 0.183. The number of aromatic nitrogens is 1. The number of amides is 1. The zero-order chi connectivity index (χ0) is 16.0. The molecule has 0 saturated carbocycles. The van der Waals surface area contributed by atoms with Gasteiger partial charge in [-0.25, -0.2) is 9.37 Å². The molecule has 1 heterocycles. The lowest BCUT2D eigenvalue weighted by atomic mass is 10.4. The standard InChI is InChI=1S/C10H9Cl4FN4OS/c11-5-1-2-6(16-4-5)17-9(21)19-8(10(12,13)14)18-7(20)3-15/h1-2,4,8H,3H2,(H,18,20)(H2,16,17,19,21)/t8-/m0/s1. The van der Waals surface area contributed by atoms with Gasteiger partial charge in [0.25, 0.3) is 5.91 Å². The van der Waals surface area contributed by atoms with Crippen molar-refractivity contribution in [2.75, 3.05) is 12.0 Å². The van der Waals surface area contributed by atoms with Gasteiger partial charge in [0, 0.05) is 6.20 Å². The van der Waals surface area contributed by atoms with E-state index in [1.165, 1.54) is 6.20 Å². The van der Waals surface area contributed by atoms with Gasteiger partial charge < -0.3 is 16.0 Å². The molecule has 0 bridgehead atoms. The van der Waals surface area contributed by atoms with E-state index >= 15 is 0 Å². The third-order valence-electron chi connectivity index (χ3n) is 2.00. The third kappa shape index (κ3) is 6.80. The number of thiocarbonyl (C=S) groups is 1. The number of halogens is 5. The molecule has 116 valence electrons. The van der Waals surface area contributed by atoms with Gasteiger partial charge in [0.05, 0.1) is 5.02 Å². The summed E-state index contributed by atoms with van der Waals surface area (Å²) in [5.41, 5.74) is 0. The van der Waals surface area contributed by atoms with Gasteiger partial charge >= 0.3 is 0 Å². The second-order valence-electron chi connectivity index (χ2n) is 3.64. The molecular weight excluding hydrogens is 385 g/mol. The van der Waals surface area contributed by atoms with Crippen molar-refractivity contribution < 1.29 is 9.18 Å². The number of carbonyl (C=O) groups excluding carboxylic acids is 1. The Morgan fingerprint density at radius 3 is 2.52 bits per heavy atom. The van der Waals surface area contributed by atoms with E-state index in [0.717, 1.165) is 0 Å². The first-order valence-electron chi connectivity index (χ1n) is 5.33.